The fourth-order valence-electron chi connectivity index (χ4n) is 5.83. The summed E-state index contributed by atoms with van der Waals surface area (Å²) in [6, 6.07) is 0. The van der Waals surface area contributed by atoms with Gasteiger partial charge in [0.15, 0.2) is 0 Å². The van der Waals surface area contributed by atoms with Crippen molar-refractivity contribution >= 4 is 43.7 Å². The molecule has 3 heteroatoms. The van der Waals surface area contributed by atoms with Gasteiger partial charge in [-0.2, -0.15) is 0 Å². The van der Waals surface area contributed by atoms with Gasteiger partial charge in [-0.05, 0) is 6.42 Å². The fraction of sp³-hybridized carbons (Fsp3) is 0.972. The molecule has 0 aromatic heterocycles. The molecule has 0 aromatic rings. The van der Waals surface area contributed by atoms with Crippen molar-refractivity contribution in [1.82, 2.24) is 0 Å². The molecule has 0 saturated carbocycles. The first kappa shape index (κ1) is 41.9. The SMILES string of the molecule is CCCCCCCCCCCCCCCCCCCCCCCCCCCCCCCCCCCC(=O)O.[Ca+2].[H-].[H-]. The molecule has 0 saturated heterocycles. The van der Waals surface area contributed by atoms with Crippen LogP contribution in [-0.4, -0.2) is 48.8 Å². The minimum absolute atomic E-state index is 0. The first-order chi connectivity index (χ1) is 18.8. The largest absolute Gasteiger partial charge is 2.00 e. The van der Waals surface area contributed by atoms with E-state index >= 15 is 0 Å². The van der Waals surface area contributed by atoms with E-state index in [2.05, 4.69) is 6.92 Å². The van der Waals surface area contributed by atoms with Crippen molar-refractivity contribution in [3.8, 4) is 0 Å². The summed E-state index contributed by atoms with van der Waals surface area (Å²) in [5.74, 6) is -0.647. The maximum Gasteiger partial charge on any atom is 2.00 e. The van der Waals surface area contributed by atoms with Gasteiger partial charge in [0.05, 0.1) is 0 Å². The van der Waals surface area contributed by atoms with Gasteiger partial charge < -0.3 is 7.96 Å². The topological polar surface area (TPSA) is 37.3 Å². The Morgan fingerprint density at radius 2 is 0.513 bits per heavy atom. The van der Waals surface area contributed by atoms with Crippen LogP contribution in [0.15, 0.2) is 0 Å². The Morgan fingerprint density at radius 1 is 0.359 bits per heavy atom. The quantitative estimate of drug-likeness (QED) is 0.0609. The number of carboxylic acids is 1. The van der Waals surface area contributed by atoms with Crippen molar-refractivity contribution in [1.29, 1.82) is 0 Å². The summed E-state index contributed by atoms with van der Waals surface area (Å²) in [7, 11) is 0. The van der Waals surface area contributed by atoms with E-state index in [-0.39, 0.29) is 40.6 Å². The first-order valence-electron chi connectivity index (χ1n) is 18.0. The van der Waals surface area contributed by atoms with Crippen LogP contribution in [0.1, 0.15) is 228 Å². The van der Waals surface area contributed by atoms with Gasteiger partial charge in [0.1, 0.15) is 0 Å². The molecule has 0 atom stereocenters. The Bertz CT molecular complexity index is 451. The predicted molar refractivity (Wildman–Crippen MR) is 178 cm³/mol. The molecule has 0 unspecified atom stereocenters. The number of aliphatic carboxylic acids is 1. The molecule has 0 bridgehead atoms. The zero-order valence-electron chi connectivity index (χ0n) is 29.1. The Morgan fingerprint density at radius 3 is 0.667 bits per heavy atom. The van der Waals surface area contributed by atoms with Crippen molar-refractivity contribution in [3.63, 3.8) is 0 Å². The van der Waals surface area contributed by atoms with Crippen LogP contribution < -0.4 is 0 Å². The predicted octanol–water partition coefficient (Wildman–Crippen LogP) is 13.2. The van der Waals surface area contributed by atoms with Crippen LogP contribution in [0.5, 0.6) is 0 Å². The maximum atomic E-state index is 10.5. The zero-order valence-corrected chi connectivity index (χ0v) is 29.3. The summed E-state index contributed by atoms with van der Waals surface area (Å²) in [5.41, 5.74) is 0. The van der Waals surface area contributed by atoms with Crippen molar-refractivity contribution in [2.75, 3.05) is 0 Å². The van der Waals surface area contributed by atoms with E-state index in [1.165, 1.54) is 199 Å². The van der Waals surface area contributed by atoms with Gasteiger partial charge in [-0.1, -0.05) is 212 Å². The van der Waals surface area contributed by atoms with Gasteiger partial charge in [-0.25, -0.2) is 0 Å². The first-order valence-corrected chi connectivity index (χ1v) is 18.0. The molecule has 0 aliphatic rings. The van der Waals surface area contributed by atoms with Crippen LogP contribution >= 0.6 is 0 Å². The molecule has 0 spiro atoms. The van der Waals surface area contributed by atoms with Crippen molar-refractivity contribution in [2.24, 2.45) is 0 Å². The Hall–Kier alpha value is 0.730. The van der Waals surface area contributed by atoms with Gasteiger partial charge in [0.25, 0.3) is 0 Å². The molecule has 0 fully saturated rings. The second-order valence-electron chi connectivity index (χ2n) is 12.5. The summed E-state index contributed by atoms with van der Waals surface area (Å²) in [5, 5.41) is 8.63. The van der Waals surface area contributed by atoms with Crippen LogP contribution in [0.2, 0.25) is 0 Å². The van der Waals surface area contributed by atoms with E-state index in [1.807, 2.05) is 0 Å². The van der Waals surface area contributed by atoms with Crippen molar-refractivity contribution < 1.29 is 12.8 Å². The molecule has 0 aliphatic carbocycles. The van der Waals surface area contributed by atoms with E-state index in [0.717, 1.165) is 12.8 Å². The molecule has 0 amide bonds. The summed E-state index contributed by atoms with van der Waals surface area (Å²) >= 11 is 0. The number of carbonyl (C=O) groups is 1. The molecule has 232 valence electrons. The Kier molecular flexibility index (Phi) is 41.6. The van der Waals surface area contributed by atoms with Crippen LogP contribution in [0.25, 0.3) is 0 Å². The second-order valence-corrected chi connectivity index (χ2v) is 12.5. The minimum atomic E-state index is -0.647. The fourth-order valence-corrected chi connectivity index (χ4v) is 5.83. The van der Waals surface area contributed by atoms with E-state index in [9.17, 15) is 4.79 Å². The van der Waals surface area contributed by atoms with Crippen LogP contribution in [0.4, 0.5) is 0 Å². The molecule has 39 heavy (non-hydrogen) atoms. The third kappa shape index (κ3) is 40.9. The zero-order chi connectivity index (χ0) is 27.6. The van der Waals surface area contributed by atoms with Crippen LogP contribution in [0.3, 0.4) is 0 Å². The smallest absolute Gasteiger partial charge is 1.00 e. The van der Waals surface area contributed by atoms with E-state index in [1.54, 1.807) is 0 Å². The third-order valence-electron chi connectivity index (χ3n) is 8.49. The molecule has 2 nitrogen and oxygen atoms in total. The van der Waals surface area contributed by atoms with Crippen LogP contribution in [-0.2, 0) is 4.79 Å². The van der Waals surface area contributed by atoms with Crippen molar-refractivity contribution in [3.05, 3.63) is 0 Å². The monoisotopic (exact) mass is 579 g/mol. The summed E-state index contributed by atoms with van der Waals surface area (Å²) in [4.78, 5) is 10.5. The average molecular weight is 579 g/mol. The van der Waals surface area contributed by atoms with Crippen LogP contribution in [0, 0.1) is 0 Å². The van der Waals surface area contributed by atoms with E-state index in [4.69, 9.17) is 5.11 Å². The Labute approximate surface area is 280 Å². The standard InChI is InChI=1S/C36H72O2.Ca.2H/c1-2-3-4-5-6-7-8-9-10-11-12-13-14-15-16-17-18-19-20-21-22-23-24-25-26-27-28-29-30-31-32-33-34-35-36(37)38;;;/h2-35H2,1H3,(H,37,38);;;/q;+2;2*-1. The number of rotatable bonds is 34. The van der Waals surface area contributed by atoms with Gasteiger partial charge in [0, 0.05) is 6.42 Å². The third-order valence-corrected chi connectivity index (χ3v) is 8.49. The molecular weight excluding hydrogens is 504 g/mol. The molecule has 0 aromatic carbocycles. The molecule has 0 rings (SSSR count). The summed E-state index contributed by atoms with van der Waals surface area (Å²) in [6.45, 7) is 2.30. The summed E-state index contributed by atoms with van der Waals surface area (Å²) in [6.07, 6.45) is 46.9. The summed E-state index contributed by atoms with van der Waals surface area (Å²) < 4.78 is 0. The minimum Gasteiger partial charge on any atom is -1.00 e. The molecule has 1 N–H and O–H groups in total. The normalized spacial score (nSPS) is 11.1. The molecule has 0 aliphatic heterocycles. The molecule has 0 radical (unpaired) electrons. The Balaban J connectivity index is -0.00000228. The second kappa shape index (κ2) is 38.7. The van der Waals surface area contributed by atoms with Gasteiger partial charge in [0.2, 0.25) is 0 Å². The number of carboxylic acid groups (broad SMARTS) is 1. The number of hydrogen-bond donors (Lipinski definition) is 1. The molecule has 0 heterocycles. The van der Waals surface area contributed by atoms with Gasteiger partial charge in [-0.3, -0.25) is 4.79 Å². The van der Waals surface area contributed by atoms with E-state index in [0.29, 0.717) is 6.42 Å². The molecular formula is C36H74CaO2. The number of hydrogen-bond acceptors (Lipinski definition) is 1. The van der Waals surface area contributed by atoms with Gasteiger partial charge in [-0.15, -0.1) is 0 Å². The van der Waals surface area contributed by atoms with E-state index < -0.39 is 5.97 Å². The van der Waals surface area contributed by atoms with Crippen molar-refractivity contribution in [2.45, 2.75) is 225 Å². The average Bonchev–Trinajstić information content (AvgIpc) is 2.91. The maximum absolute atomic E-state index is 10.5. The number of unbranched alkanes of at least 4 members (excludes halogenated alkanes) is 32. The van der Waals surface area contributed by atoms with Gasteiger partial charge >= 0.3 is 43.7 Å².